The van der Waals surface area contributed by atoms with Crippen LogP contribution in [0, 0.1) is 0 Å². The van der Waals surface area contributed by atoms with Crippen molar-refractivity contribution in [2.45, 2.75) is 0 Å². The van der Waals surface area contributed by atoms with Crippen LogP contribution in [0.3, 0.4) is 0 Å². The summed E-state index contributed by atoms with van der Waals surface area (Å²) in [6.45, 7) is 0. The molecule has 4 rings (SSSR count). The molecule has 0 bridgehead atoms. The number of benzene rings is 3. The maximum absolute atomic E-state index is 6.17. The Balaban J connectivity index is 1.93. The lowest BCUT2D eigenvalue weighted by molar-refractivity contribution is 1.18. The predicted octanol–water partition coefficient (Wildman–Crippen LogP) is 6.78. The summed E-state index contributed by atoms with van der Waals surface area (Å²) in [5.41, 5.74) is 4.55. The van der Waals surface area contributed by atoms with Gasteiger partial charge in [-0.15, -0.1) is 0 Å². The maximum Gasteiger partial charge on any atom is 0.160 e. The van der Waals surface area contributed by atoms with Gasteiger partial charge in [0.2, 0.25) is 0 Å². The lowest BCUT2D eigenvalue weighted by atomic mass is 10.1. The molecule has 0 N–H and O–H groups in total. The zero-order chi connectivity index (χ0) is 17.9. The SMILES string of the molecule is Clc1cc(Cl)cc(-c2nc(-c3ccccc3)cc(-c3ccccc3)n2)c1. The van der Waals surface area contributed by atoms with Gasteiger partial charge in [-0.25, -0.2) is 9.97 Å². The van der Waals surface area contributed by atoms with Gasteiger partial charge in [0, 0.05) is 26.7 Å². The Hall–Kier alpha value is -2.68. The van der Waals surface area contributed by atoms with Crippen LogP contribution < -0.4 is 0 Å². The van der Waals surface area contributed by atoms with E-state index >= 15 is 0 Å². The van der Waals surface area contributed by atoms with E-state index in [1.165, 1.54) is 0 Å². The topological polar surface area (TPSA) is 25.8 Å². The average molecular weight is 377 g/mol. The van der Waals surface area contributed by atoms with Crippen molar-refractivity contribution in [1.82, 2.24) is 9.97 Å². The van der Waals surface area contributed by atoms with E-state index in [0.717, 1.165) is 28.1 Å². The Morgan fingerprint density at radius 1 is 0.500 bits per heavy atom. The summed E-state index contributed by atoms with van der Waals surface area (Å²) in [5, 5.41) is 1.12. The fourth-order valence-corrected chi connectivity index (χ4v) is 3.30. The fraction of sp³-hybridized carbons (Fsp3) is 0. The molecule has 3 aromatic carbocycles. The van der Waals surface area contributed by atoms with Crippen LogP contribution in [0.4, 0.5) is 0 Å². The molecule has 0 radical (unpaired) electrons. The lowest BCUT2D eigenvalue weighted by Gasteiger charge is -2.10. The van der Waals surface area contributed by atoms with E-state index in [2.05, 4.69) is 0 Å². The monoisotopic (exact) mass is 376 g/mol. The van der Waals surface area contributed by atoms with Crippen LogP contribution in [0.15, 0.2) is 84.9 Å². The molecule has 0 atom stereocenters. The summed E-state index contributed by atoms with van der Waals surface area (Å²) in [4.78, 5) is 9.51. The van der Waals surface area contributed by atoms with Gasteiger partial charge in [0.25, 0.3) is 0 Å². The van der Waals surface area contributed by atoms with Gasteiger partial charge in [-0.1, -0.05) is 83.9 Å². The third-order valence-electron chi connectivity index (χ3n) is 3.99. The van der Waals surface area contributed by atoms with Gasteiger partial charge in [0.15, 0.2) is 5.82 Å². The van der Waals surface area contributed by atoms with Crippen LogP contribution in [0.2, 0.25) is 10.0 Å². The Morgan fingerprint density at radius 3 is 1.42 bits per heavy atom. The molecule has 0 aliphatic heterocycles. The minimum Gasteiger partial charge on any atom is -0.228 e. The second-order valence-electron chi connectivity index (χ2n) is 5.85. The lowest BCUT2D eigenvalue weighted by Crippen LogP contribution is -1.96. The van der Waals surface area contributed by atoms with Crippen molar-refractivity contribution in [2.75, 3.05) is 0 Å². The molecular weight excluding hydrogens is 363 g/mol. The number of rotatable bonds is 3. The van der Waals surface area contributed by atoms with Crippen LogP contribution >= 0.6 is 23.2 Å². The largest absolute Gasteiger partial charge is 0.228 e. The van der Waals surface area contributed by atoms with E-state index < -0.39 is 0 Å². The third-order valence-corrected chi connectivity index (χ3v) is 4.42. The minimum absolute atomic E-state index is 0.558. The van der Waals surface area contributed by atoms with Crippen molar-refractivity contribution in [3.05, 3.63) is 95.0 Å². The van der Waals surface area contributed by atoms with Crippen molar-refractivity contribution < 1.29 is 0 Å². The minimum atomic E-state index is 0.558. The quantitative estimate of drug-likeness (QED) is 0.393. The molecule has 0 amide bonds. The highest BCUT2D eigenvalue weighted by Gasteiger charge is 2.11. The Labute approximate surface area is 162 Å². The van der Waals surface area contributed by atoms with Crippen LogP contribution in [0.25, 0.3) is 33.9 Å². The van der Waals surface area contributed by atoms with Crippen molar-refractivity contribution >= 4 is 23.2 Å². The number of nitrogens with zero attached hydrogens (tertiary/aromatic N) is 2. The summed E-state index contributed by atoms with van der Waals surface area (Å²) >= 11 is 12.3. The van der Waals surface area contributed by atoms with Crippen molar-refractivity contribution in [2.24, 2.45) is 0 Å². The van der Waals surface area contributed by atoms with E-state index in [-0.39, 0.29) is 0 Å². The third kappa shape index (κ3) is 3.62. The predicted molar refractivity (Wildman–Crippen MR) is 108 cm³/mol. The average Bonchev–Trinajstić information content (AvgIpc) is 2.68. The van der Waals surface area contributed by atoms with Crippen LogP contribution in [0.5, 0.6) is 0 Å². The van der Waals surface area contributed by atoms with Gasteiger partial charge < -0.3 is 0 Å². The molecule has 26 heavy (non-hydrogen) atoms. The molecule has 2 nitrogen and oxygen atoms in total. The highest BCUT2D eigenvalue weighted by Crippen LogP contribution is 2.30. The summed E-state index contributed by atoms with van der Waals surface area (Å²) < 4.78 is 0. The Bertz CT molecular complexity index is 970. The normalized spacial score (nSPS) is 10.7. The van der Waals surface area contributed by atoms with Crippen molar-refractivity contribution in [3.63, 3.8) is 0 Å². The number of halogens is 2. The second kappa shape index (κ2) is 7.28. The molecule has 0 unspecified atom stereocenters. The van der Waals surface area contributed by atoms with E-state index in [1.54, 1.807) is 6.07 Å². The summed E-state index contributed by atoms with van der Waals surface area (Å²) in [6.07, 6.45) is 0. The van der Waals surface area contributed by atoms with Crippen LogP contribution in [0.1, 0.15) is 0 Å². The first-order valence-electron chi connectivity index (χ1n) is 8.15. The van der Waals surface area contributed by atoms with E-state index in [0.29, 0.717) is 15.9 Å². The van der Waals surface area contributed by atoms with Gasteiger partial charge >= 0.3 is 0 Å². The van der Waals surface area contributed by atoms with Crippen LogP contribution in [-0.2, 0) is 0 Å². The molecule has 4 aromatic rings. The fourth-order valence-electron chi connectivity index (χ4n) is 2.77. The molecule has 0 saturated carbocycles. The summed E-state index contributed by atoms with van der Waals surface area (Å²) in [7, 11) is 0. The summed E-state index contributed by atoms with van der Waals surface area (Å²) in [6, 6.07) is 27.4. The number of hydrogen-bond donors (Lipinski definition) is 0. The van der Waals surface area contributed by atoms with E-state index in [4.69, 9.17) is 33.2 Å². The van der Waals surface area contributed by atoms with Gasteiger partial charge in [0.05, 0.1) is 11.4 Å². The van der Waals surface area contributed by atoms with Crippen molar-refractivity contribution in [1.29, 1.82) is 0 Å². The Morgan fingerprint density at radius 2 is 0.962 bits per heavy atom. The molecule has 4 heteroatoms. The summed E-state index contributed by atoms with van der Waals surface area (Å²) in [5.74, 6) is 0.592. The second-order valence-corrected chi connectivity index (χ2v) is 6.73. The molecule has 0 spiro atoms. The smallest absolute Gasteiger partial charge is 0.160 e. The zero-order valence-electron chi connectivity index (χ0n) is 13.7. The first kappa shape index (κ1) is 16.8. The molecule has 0 saturated heterocycles. The van der Waals surface area contributed by atoms with Gasteiger partial charge in [0.1, 0.15) is 0 Å². The van der Waals surface area contributed by atoms with Crippen molar-refractivity contribution in [3.8, 4) is 33.9 Å². The molecule has 126 valence electrons. The molecular formula is C22H14Cl2N2. The first-order chi connectivity index (χ1) is 12.7. The van der Waals surface area contributed by atoms with E-state index in [9.17, 15) is 0 Å². The first-order valence-corrected chi connectivity index (χ1v) is 8.91. The van der Waals surface area contributed by atoms with Gasteiger partial charge in [-0.3, -0.25) is 0 Å². The zero-order valence-corrected chi connectivity index (χ0v) is 15.2. The number of aromatic nitrogens is 2. The van der Waals surface area contributed by atoms with Crippen LogP contribution in [-0.4, -0.2) is 9.97 Å². The number of hydrogen-bond acceptors (Lipinski definition) is 2. The molecule has 1 heterocycles. The van der Waals surface area contributed by atoms with Gasteiger partial charge in [-0.2, -0.15) is 0 Å². The maximum atomic E-state index is 6.17. The Kier molecular flexibility index (Phi) is 4.70. The van der Waals surface area contributed by atoms with E-state index in [1.807, 2.05) is 78.9 Å². The van der Waals surface area contributed by atoms with Gasteiger partial charge in [-0.05, 0) is 24.3 Å². The highest BCUT2D eigenvalue weighted by molar-refractivity contribution is 6.35. The molecule has 0 aliphatic rings. The molecule has 1 aromatic heterocycles. The molecule has 0 aliphatic carbocycles. The molecule has 0 fully saturated rings. The highest BCUT2D eigenvalue weighted by atomic mass is 35.5. The standard InChI is InChI=1S/C22H14Cl2N2/c23-18-11-17(12-19(24)13-18)22-25-20(15-7-3-1-4-8-15)14-21(26-22)16-9-5-2-6-10-16/h1-14H.